The Bertz CT molecular complexity index is 575. The molecule has 2 heterocycles. The van der Waals surface area contributed by atoms with Crippen LogP contribution in [0.15, 0.2) is 30.6 Å². The van der Waals surface area contributed by atoms with Gasteiger partial charge in [-0.1, -0.05) is 18.9 Å². The first kappa shape index (κ1) is 13.1. The molecule has 2 aromatic rings. The van der Waals surface area contributed by atoms with Crippen molar-refractivity contribution in [3.8, 4) is 0 Å². The monoisotopic (exact) mass is 273 g/mol. The van der Waals surface area contributed by atoms with E-state index in [1.807, 2.05) is 35.0 Å². The van der Waals surface area contributed by atoms with Gasteiger partial charge in [0, 0.05) is 12.4 Å². The summed E-state index contributed by atoms with van der Waals surface area (Å²) in [5, 5.41) is 12.8. The van der Waals surface area contributed by atoms with E-state index in [-0.39, 0.29) is 18.4 Å². The molecule has 0 saturated heterocycles. The van der Waals surface area contributed by atoms with Crippen LogP contribution >= 0.6 is 0 Å². The van der Waals surface area contributed by atoms with E-state index in [1.54, 1.807) is 0 Å². The molecule has 0 aromatic carbocycles. The maximum atomic E-state index is 12.0. The lowest BCUT2D eigenvalue weighted by atomic mass is 9.92. The van der Waals surface area contributed by atoms with E-state index in [0.29, 0.717) is 0 Å². The summed E-state index contributed by atoms with van der Waals surface area (Å²) >= 11 is 0. The number of rotatable bonds is 3. The van der Waals surface area contributed by atoms with Crippen LogP contribution in [0.3, 0.4) is 0 Å². The molecule has 3 rings (SSSR count). The number of imidazole rings is 1. The van der Waals surface area contributed by atoms with Crippen molar-refractivity contribution in [2.75, 3.05) is 0 Å². The van der Waals surface area contributed by atoms with Crippen LogP contribution in [0.4, 0.5) is 0 Å². The van der Waals surface area contributed by atoms with Crippen molar-refractivity contribution in [1.82, 2.24) is 14.7 Å². The average molecular weight is 273 g/mol. The molecule has 5 nitrogen and oxygen atoms in total. The molecule has 2 atom stereocenters. The zero-order valence-electron chi connectivity index (χ0n) is 11.3. The van der Waals surface area contributed by atoms with Crippen LogP contribution in [-0.4, -0.2) is 32.5 Å². The standard InChI is InChI=1S/C15H19N3O2/c19-13-6-2-1-5-12(13)17-15(20)9-11-10-18-8-4-3-7-14(18)16-11/h3-4,7-8,10,12-13,19H,1-2,5-6,9H2,(H,17,20). The average Bonchev–Trinajstić information content (AvgIpc) is 2.83. The van der Waals surface area contributed by atoms with Crippen LogP contribution in [0.5, 0.6) is 0 Å². The van der Waals surface area contributed by atoms with Crippen LogP contribution in [0.25, 0.3) is 5.65 Å². The van der Waals surface area contributed by atoms with Gasteiger partial charge in [-0.2, -0.15) is 0 Å². The maximum Gasteiger partial charge on any atom is 0.226 e. The summed E-state index contributed by atoms with van der Waals surface area (Å²) in [5.74, 6) is -0.0700. The van der Waals surface area contributed by atoms with Gasteiger partial charge < -0.3 is 14.8 Å². The third-order valence-corrected chi connectivity index (χ3v) is 3.83. The molecule has 2 N–H and O–H groups in total. The molecule has 2 aromatic heterocycles. The highest BCUT2D eigenvalue weighted by molar-refractivity contribution is 5.78. The van der Waals surface area contributed by atoms with E-state index < -0.39 is 6.10 Å². The minimum atomic E-state index is -0.409. The van der Waals surface area contributed by atoms with Crippen LogP contribution in [0.1, 0.15) is 31.4 Å². The molecule has 1 fully saturated rings. The van der Waals surface area contributed by atoms with Crippen molar-refractivity contribution in [1.29, 1.82) is 0 Å². The summed E-state index contributed by atoms with van der Waals surface area (Å²) in [7, 11) is 0. The topological polar surface area (TPSA) is 66.6 Å². The van der Waals surface area contributed by atoms with E-state index in [0.717, 1.165) is 37.0 Å². The molecular formula is C15H19N3O2. The Hall–Kier alpha value is -1.88. The fourth-order valence-corrected chi connectivity index (χ4v) is 2.77. The smallest absolute Gasteiger partial charge is 0.226 e. The second-order valence-electron chi connectivity index (χ2n) is 5.40. The lowest BCUT2D eigenvalue weighted by Gasteiger charge is -2.28. The van der Waals surface area contributed by atoms with Crippen molar-refractivity contribution in [2.45, 2.75) is 44.2 Å². The lowest BCUT2D eigenvalue weighted by molar-refractivity contribution is -0.122. The summed E-state index contributed by atoms with van der Waals surface area (Å²) < 4.78 is 1.90. The van der Waals surface area contributed by atoms with E-state index in [4.69, 9.17) is 0 Å². The Morgan fingerprint density at radius 1 is 1.40 bits per heavy atom. The third-order valence-electron chi connectivity index (χ3n) is 3.83. The van der Waals surface area contributed by atoms with Gasteiger partial charge >= 0.3 is 0 Å². The Morgan fingerprint density at radius 3 is 3.05 bits per heavy atom. The highest BCUT2D eigenvalue weighted by Gasteiger charge is 2.24. The van der Waals surface area contributed by atoms with Gasteiger partial charge in [-0.05, 0) is 25.0 Å². The third kappa shape index (κ3) is 2.82. The zero-order chi connectivity index (χ0) is 13.9. The highest BCUT2D eigenvalue weighted by atomic mass is 16.3. The molecule has 1 saturated carbocycles. The van der Waals surface area contributed by atoms with Gasteiger partial charge in [0.2, 0.25) is 5.91 Å². The molecule has 1 aliphatic carbocycles. The predicted octanol–water partition coefficient (Wildman–Crippen LogP) is 1.30. The van der Waals surface area contributed by atoms with E-state index in [2.05, 4.69) is 10.3 Å². The Kier molecular flexibility index (Phi) is 3.69. The number of aromatic nitrogens is 2. The van der Waals surface area contributed by atoms with Gasteiger partial charge in [-0.15, -0.1) is 0 Å². The predicted molar refractivity (Wildman–Crippen MR) is 75.3 cm³/mol. The minimum absolute atomic E-state index is 0.0700. The fourth-order valence-electron chi connectivity index (χ4n) is 2.77. The number of nitrogens with one attached hydrogen (secondary N) is 1. The van der Waals surface area contributed by atoms with Crippen molar-refractivity contribution >= 4 is 11.6 Å². The van der Waals surface area contributed by atoms with Crippen LogP contribution < -0.4 is 5.32 Å². The zero-order valence-corrected chi connectivity index (χ0v) is 11.3. The van der Waals surface area contributed by atoms with Crippen LogP contribution in [0, 0.1) is 0 Å². The van der Waals surface area contributed by atoms with Gasteiger partial charge in [0.25, 0.3) is 0 Å². The Labute approximate surface area is 117 Å². The van der Waals surface area contributed by atoms with Crippen molar-refractivity contribution in [2.24, 2.45) is 0 Å². The first-order valence-electron chi connectivity index (χ1n) is 7.12. The number of hydrogen-bond donors (Lipinski definition) is 2. The number of aliphatic hydroxyl groups excluding tert-OH is 1. The number of nitrogens with zero attached hydrogens (tertiary/aromatic N) is 2. The minimum Gasteiger partial charge on any atom is -0.391 e. The molecule has 106 valence electrons. The second-order valence-corrected chi connectivity index (χ2v) is 5.40. The normalized spacial score (nSPS) is 22.9. The molecule has 0 aliphatic heterocycles. The van der Waals surface area contributed by atoms with E-state index in [1.165, 1.54) is 0 Å². The first-order valence-corrected chi connectivity index (χ1v) is 7.12. The van der Waals surface area contributed by atoms with Gasteiger partial charge in [-0.3, -0.25) is 4.79 Å². The summed E-state index contributed by atoms with van der Waals surface area (Å²) in [6, 6.07) is 5.65. The summed E-state index contributed by atoms with van der Waals surface area (Å²) in [6.45, 7) is 0. The number of pyridine rings is 1. The molecule has 0 radical (unpaired) electrons. The first-order chi connectivity index (χ1) is 9.72. The van der Waals surface area contributed by atoms with Gasteiger partial charge in [0.1, 0.15) is 5.65 Å². The molecule has 2 unspecified atom stereocenters. The van der Waals surface area contributed by atoms with Gasteiger partial charge in [-0.25, -0.2) is 4.98 Å². The quantitative estimate of drug-likeness (QED) is 0.885. The number of carbonyl (C=O) groups is 1. The van der Waals surface area contributed by atoms with E-state index >= 15 is 0 Å². The van der Waals surface area contributed by atoms with Crippen LogP contribution in [-0.2, 0) is 11.2 Å². The molecule has 20 heavy (non-hydrogen) atoms. The fraction of sp³-hybridized carbons (Fsp3) is 0.467. The van der Waals surface area contributed by atoms with Gasteiger partial charge in [0.15, 0.2) is 0 Å². The molecule has 0 bridgehead atoms. The number of fused-ring (bicyclic) bond motifs is 1. The molecular weight excluding hydrogens is 254 g/mol. The Morgan fingerprint density at radius 2 is 2.25 bits per heavy atom. The van der Waals surface area contributed by atoms with Gasteiger partial charge in [0.05, 0.1) is 24.3 Å². The van der Waals surface area contributed by atoms with E-state index in [9.17, 15) is 9.90 Å². The summed E-state index contributed by atoms with van der Waals surface area (Å²) in [4.78, 5) is 16.4. The molecule has 1 aliphatic rings. The van der Waals surface area contributed by atoms with Crippen molar-refractivity contribution in [3.05, 3.63) is 36.3 Å². The number of carbonyl (C=O) groups excluding carboxylic acids is 1. The summed E-state index contributed by atoms with van der Waals surface area (Å²) in [6.07, 6.45) is 7.37. The molecule has 0 spiro atoms. The number of hydrogen-bond acceptors (Lipinski definition) is 3. The lowest BCUT2D eigenvalue weighted by Crippen LogP contribution is -2.45. The van der Waals surface area contributed by atoms with Crippen molar-refractivity contribution < 1.29 is 9.90 Å². The second kappa shape index (κ2) is 5.63. The summed E-state index contributed by atoms with van der Waals surface area (Å²) in [5.41, 5.74) is 1.59. The molecule has 1 amide bonds. The van der Waals surface area contributed by atoms with Crippen molar-refractivity contribution in [3.63, 3.8) is 0 Å². The SMILES string of the molecule is O=C(Cc1cn2ccccc2n1)NC1CCCCC1O. The highest BCUT2D eigenvalue weighted by Crippen LogP contribution is 2.18. The van der Waals surface area contributed by atoms with Crippen LogP contribution in [0.2, 0.25) is 0 Å². The Balaban J connectivity index is 1.63. The molecule has 5 heteroatoms. The maximum absolute atomic E-state index is 12.0. The number of amides is 1. The largest absolute Gasteiger partial charge is 0.391 e. The number of aliphatic hydroxyl groups is 1.